The van der Waals surface area contributed by atoms with Gasteiger partial charge in [0, 0.05) is 6.42 Å². The van der Waals surface area contributed by atoms with Crippen LogP contribution in [0.5, 0.6) is 0 Å². The molecule has 0 saturated carbocycles. The van der Waals surface area contributed by atoms with Gasteiger partial charge in [0.2, 0.25) is 5.12 Å². The third kappa shape index (κ3) is 21.9. The van der Waals surface area contributed by atoms with Gasteiger partial charge < -0.3 is 0 Å². The fraction of sp³-hybridized carbons (Fsp3) is 0.952. The Labute approximate surface area is 151 Å². The second-order valence-corrected chi connectivity index (χ2v) is 7.59. The summed E-state index contributed by atoms with van der Waals surface area (Å²) in [5.74, 6) is 0. The van der Waals surface area contributed by atoms with Gasteiger partial charge in [0.25, 0.3) is 0 Å². The lowest BCUT2D eigenvalue weighted by atomic mass is 10.0. The van der Waals surface area contributed by atoms with Crippen LogP contribution < -0.4 is 0 Å². The largest absolute Gasteiger partial charge is 0.282 e. The molecular weight excluding hydrogens is 300 g/mol. The first kappa shape index (κ1) is 22.9. The molecule has 0 aromatic rings. The topological polar surface area (TPSA) is 17.1 Å². The molecule has 1 nitrogen and oxygen atoms in total. The predicted octanol–water partition coefficient (Wildman–Crippen LogP) is 8.14. The summed E-state index contributed by atoms with van der Waals surface area (Å²) < 4.78 is 0. The quantitative estimate of drug-likeness (QED) is 0.217. The SMILES string of the molecule is CCCCCCCCCCCCCCCCCCCCC(=O)[S]. The van der Waals surface area contributed by atoms with Crippen molar-refractivity contribution in [1.82, 2.24) is 0 Å². The Morgan fingerprint density at radius 2 is 0.783 bits per heavy atom. The fourth-order valence-electron chi connectivity index (χ4n) is 3.17. The first-order chi connectivity index (χ1) is 11.3. The number of unbranched alkanes of at least 4 members (excludes halogenated alkanes) is 17. The maximum atomic E-state index is 10.6. The highest BCUT2D eigenvalue weighted by Crippen LogP contribution is 2.14. The lowest BCUT2D eigenvalue weighted by molar-refractivity contribution is -0.110. The van der Waals surface area contributed by atoms with E-state index >= 15 is 0 Å². The number of carbonyl (C=O) groups excluding carboxylic acids is 1. The first-order valence-corrected chi connectivity index (χ1v) is 10.9. The van der Waals surface area contributed by atoms with Crippen molar-refractivity contribution < 1.29 is 4.79 Å². The highest BCUT2D eigenvalue weighted by molar-refractivity contribution is 7.96. The van der Waals surface area contributed by atoms with Crippen LogP contribution in [-0.4, -0.2) is 5.12 Å². The molecule has 2 heteroatoms. The van der Waals surface area contributed by atoms with Gasteiger partial charge in [-0.15, -0.1) is 0 Å². The lowest BCUT2D eigenvalue weighted by Gasteiger charge is -2.03. The summed E-state index contributed by atoms with van der Waals surface area (Å²) in [7, 11) is 0. The van der Waals surface area contributed by atoms with E-state index in [9.17, 15) is 4.79 Å². The molecule has 0 unspecified atom stereocenters. The summed E-state index contributed by atoms with van der Waals surface area (Å²) in [6.07, 6.45) is 25.4. The third-order valence-corrected chi connectivity index (χ3v) is 4.94. The van der Waals surface area contributed by atoms with E-state index in [4.69, 9.17) is 0 Å². The fourth-order valence-corrected chi connectivity index (χ4v) is 3.32. The molecule has 0 heterocycles. The Balaban J connectivity index is 2.96. The van der Waals surface area contributed by atoms with Gasteiger partial charge in [-0.25, -0.2) is 0 Å². The normalized spacial score (nSPS) is 11.0. The van der Waals surface area contributed by atoms with Crippen molar-refractivity contribution in [2.75, 3.05) is 0 Å². The zero-order chi connectivity index (χ0) is 17.0. The van der Waals surface area contributed by atoms with Crippen LogP contribution in [0.1, 0.15) is 129 Å². The van der Waals surface area contributed by atoms with Crippen molar-refractivity contribution in [2.45, 2.75) is 129 Å². The van der Waals surface area contributed by atoms with E-state index in [0.717, 1.165) is 6.42 Å². The summed E-state index contributed by atoms with van der Waals surface area (Å²) in [4.78, 5) is 10.6. The number of rotatable bonds is 19. The first-order valence-electron chi connectivity index (χ1n) is 10.5. The summed E-state index contributed by atoms with van der Waals surface area (Å²) in [5.41, 5.74) is 0. The molecule has 23 heavy (non-hydrogen) atoms. The zero-order valence-corrected chi connectivity index (χ0v) is 16.6. The molecule has 0 fully saturated rings. The molecule has 0 bridgehead atoms. The average Bonchev–Trinajstić information content (AvgIpc) is 2.53. The van der Waals surface area contributed by atoms with Crippen molar-refractivity contribution >= 4 is 17.7 Å². The van der Waals surface area contributed by atoms with E-state index in [-0.39, 0.29) is 5.12 Å². The molecule has 0 aliphatic heterocycles. The van der Waals surface area contributed by atoms with E-state index < -0.39 is 0 Å². The van der Waals surface area contributed by atoms with Crippen molar-refractivity contribution in [3.05, 3.63) is 0 Å². The molecule has 1 radical (unpaired) electrons. The minimum absolute atomic E-state index is 0.0681. The second kappa shape index (κ2) is 19.9. The van der Waals surface area contributed by atoms with Crippen LogP contribution in [0.15, 0.2) is 0 Å². The van der Waals surface area contributed by atoms with E-state index in [2.05, 4.69) is 19.6 Å². The van der Waals surface area contributed by atoms with E-state index in [1.54, 1.807) is 0 Å². The van der Waals surface area contributed by atoms with Crippen molar-refractivity contribution in [2.24, 2.45) is 0 Å². The molecule has 137 valence electrons. The van der Waals surface area contributed by atoms with Crippen LogP contribution in [0.3, 0.4) is 0 Å². The third-order valence-electron chi connectivity index (χ3n) is 4.73. The monoisotopic (exact) mass is 341 g/mol. The van der Waals surface area contributed by atoms with Crippen molar-refractivity contribution in [3.63, 3.8) is 0 Å². The number of hydrogen-bond acceptors (Lipinski definition) is 1. The molecular formula is C21H41OS. The Morgan fingerprint density at radius 1 is 0.522 bits per heavy atom. The minimum atomic E-state index is -0.0681. The van der Waals surface area contributed by atoms with Crippen molar-refractivity contribution in [1.29, 1.82) is 0 Å². The van der Waals surface area contributed by atoms with Gasteiger partial charge in [0.05, 0.1) is 0 Å². The van der Waals surface area contributed by atoms with Crippen LogP contribution in [0.2, 0.25) is 0 Å². The van der Waals surface area contributed by atoms with Gasteiger partial charge >= 0.3 is 0 Å². The Kier molecular flexibility index (Phi) is 19.8. The van der Waals surface area contributed by atoms with Crippen LogP contribution in [-0.2, 0) is 4.79 Å². The molecule has 0 N–H and O–H groups in total. The molecule has 0 saturated heterocycles. The van der Waals surface area contributed by atoms with E-state index in [1.165, 1.54) is 109 Å². The molecule has 0 aromatic heterocycles. The van der Waals surface area contributed by atoms with Gasteiger partial charge in [-0.1, -0.05) is 116 Å². The highest BCUT2D eigenvalue weighted by Gasteiger charge is 1.97. The second-order valence-electron chi connectivity index (χ2n) is 7.13. The lowest BCUT2D eigenvalue weighted by Crippen LogP contribution is -1.87. The molecule has 0 atom stereocenters. The van der Waals surface area contributed by atoms with Gasteiger partial charge in [0.1, 0.15) is 0 Å². The van der Waals surface area contributed by atoms with Crippen LogP contribution in [0, 0.1) is 0 Å². The standard InChI is InChI=1S/C21H41OS/c1-2-3-4-5-6-7-8-9-10-11-12-13-14-15-16-17-18-19-20-21(22)23/h2-20H2,1H3. The molecule has 0 aliphatic carbocycles. The Hall–Kier alpha value is -0.110. The average molecular weight is 342 g/mol. The van der Waals surface area contributed by atoms with Crippen LogP contribution in [0.25, 0.3) is 0 Å². The highest BCUT2D eigenvalue weighted by atomic mass is 32.1. The summed E-state index contributed by atoms with van der Waals surface area (Å²) in [5, 5.41) is -0.0681. The van der Waals surface area contributed by atoms with E-state index in [1.807, 2.05) is 0 Å². The Morgan fingerprint density at radius 3 is 1.04 bits per heavy atom. The summed E-state index contributed by atoms with van der Waals surface area (Å²) >= 11 is 4.55. The van der Waals surface area contributed by atoms with Crippen LogP contribution in [0.4, 0.5) is 0 Å². The number of hydrogen-bond donors (Lipinski definition) is 0. The molecule has 0 amide bonds. The Bertz CT molecular complexity index is 240. The van der Waals surface area contributed by atoms with Gasteiger partial charge in [-0.3, -0.25) is 4.79 Å². The summed E-state index contributed by atoms with van der Waals surface area (Å²) in [6.45, 7) is 2.29. The number of carbonyl (C=O) groups is 1. The van der Waals surface area contributed by atoms with Crippen molar-refractivity contribution in [3.8, 4) is 0 Å². The van der Waals surface area contributed by atoms with Crippen LogP contribution >= 0.6 is 12.6 Å². The van der Waals surface area contributed by atoms with Gasteiger partial charge in [0.15, 0.2) is 0 Å². The molecule has 0 aliphatic rings. The van der Waals surface area contributed by atoms with Gasteiger partial charge in [-0.2, -0.15) is 0 Å². The minimum Gasteiger partial charge on any atom is -0.282 e. The molecule has 0 spiro atoms. The van der Waals surface area contributed by atoms with E-state index in [0.29, 0.717) is 6.42 Å². The predicted molar refractivity (Wildman–Crippen MR) is 106 cm³/mol. The molecule has 0 aromatic carbocycles. The maximum absolute atomic E-state index is 10.6. The zero-order valence-electron chi connectivity index (χ0n) is 15.8. The maximum Gasteiger partial charge on any atom is 0.218 e. The molecule has 0 rings (SSSR count). The van der Waals surface area contributed by atoms with Gasteiger partial charge in [-0.05, 0) is 19.0 Å². The summed E-state index contributed by atoms with van der Waals surface area (Å²) in [6, 6.07) is 0. The smallest absolute Gasteiger partial charge is 0.218 e.